The summed E-state index contributed by atoms with van der Waals surface area (Å²) in [6.45, 7) is -0.907. The molecule has 5 heteroatoms. The number of nitrogens with one attached hydrogen (secondary N) is 1. The monoisotopic (exact) mass is 227 g/mol. The van der Waals surface area contributed by atoms with Crippen molar-refractivity contribution in [3.8, 4) is 0 Å². The third-order valence-corrected chi connectivity index (χ3v) is 2.80. The van der Waals surface area contributed by atoms with Gasteiger partial charge in [-0.3, -0.25) is 0 Å². The minimum Gasteiger partial charge on any atom is -0.308 e. The van der Waals surface area contributed by atoms with Crippen molar-refractivity contribution < 1.29 is 17.6 Å². The summed E-state index contributed by atoms with van der Waals surface area (Å²) in [5.41, 5.74) is 0. The number of rotatable bonds is 4. The summed E-state index contributed by atoms with van der Waals surface area (Å²) in [4.78, 5) is 0. The second kappa shape index (κ2) is 5.68. The molecule has 0 aromatic heterocycles. The van der Waals surface area contributed by atoms with E-state index in [0.29, 0.717) is 0 Å². The highest BCUT2D eigenvalue weighted by Crippen LogP contribution is 2.23. The van der Waals surface area contributed by atoms with Gasteiger partial charge in [0, 0.05) is 6.04 Å². The highest BCUT2D eigenvalue weighted by molar-refractivity contribution is 4.77. The maximum atomic E-state index is 12.6. The Morgan fingerprint density at radius 2 is 1.60 bits per heavy atom. The van der Waals surface area contributed by atoms with Crippen LogP contribution in [-0.2, 0) is 0 Å². The molecule has 1 nitrogen and oxygen atoms in total. The molecule has 0 aromatic rings. The van der Waals surface area contributed by atoms with Gasteiger partial charge in [-0.25, -0.2) is 8.78 Å². The van der Waals surface area contributed by atoms with Crippen molar-refractivity contribution in [2.45, 2.75) is 56.9 Å². The van der Waals surface area contributed by atoms with Crippen LogP contribution in [0.1, 0.15) is 38.5 Å². The van der Waals surface area contributed by atoms with Gasteiger partial charge in [-0.05, 0) is 12.8 Å². The molecule has 0 saturated heterocycles. The average molecular weight is 227 g/mol. The Balaban J connectivity index is 2.28. The first kappa shape index (κ1) is 12.7. The fourth-order valence-electron chi connectivity index (χ4n) is 1.84. The number of hydrogen-bond acceptors (Lipinski definition) is 1. The first-order valence-electron chi connectivity index (χ1n) is 5.42. The van der Waals surface area contributed by atoms with E-state index < -0.39 is 18.9 Å². The molecule has 0 aromatic carbocycles. The molecule has 0 aliphatic heterocycles. The van der Waals surface area contributed by atoms with Gasteiger partial charge in [0.25, 0.3) is 0 Å². The zero-order valence-electron chi connectivity index (χ0n) is 8.62. The van der Waals surface area contributed by atoms with Crippen LogP contribution in [0.15, 0.2) is 0 Å². The Morgan fingerprint density at radius 1 is 1.07 bits per heavy atom. The van der Waals surface area contributed by atoms with Crippen LogP contribution < -0.4 is 5.32 Å². The van der Waals surface area contributed by atoms with Crippen molar-refractivity contribution in [2.75, 3.05) is 6.54 Å². The fourth-order valence-corrected chi connectivity index (χ4v) is 1.84. The summed E-state index contributed by atoms with van der Waals surface area (Å²) in [6.07, 6.45) is 2.29. The molecule has 1 aliphatic carbocycles. The van der Waals surface area contributed by atoms with E-state index in [4.69, 9.17) is 0 Å². The topological polar surface area (TPSA) is 12.0 Å². The van der Waals surface area contributed by atoms with Crippen molar-refractivity contribution in [3.63, 3.8) is 0 Å². The molecule has 1 N–H and O–H groups in total. The first-order valence-corrected chi connectivity index (χ1v) is 5.42. The molecule has 1 saturated carbocycles. The summed E-state index contributed by atoms with van der Waals surface area (Å²) in [7, 11) is 0. The quantitative estimate of drug-likeness (QED) is 0.574. The molecule has 0 spiro atoms. The molecule has 0 radical (unpaired) electrons. The zero-order chi connectivity index (χ0) is 11.3. The van der Waals surface area contributed by atoms with E-state index in [1.165, 1.54) is 0 Å². The molecule has 90 valence electrons. The van der Waals surface area contributed by atoms with Crippen LogP contribution in [0, 0.1) is 0 Å². The molecule has 0 amide bonds. The van der Waals surface area contributed by atoms with Gasteiger partial charge in [0.1, 0.15) is 0 Å². The van der Waals surface area contributed by atoms with Crippen molar-refractivity contribution in [2.24, 2.45) is 0 Å². The maximum Gasteiger partial charge on any atom is 0.319 e. The van der Waals surface area contributed by atoms with Gasteiger partial charge in [-0.1, -0.05) is 25.7 Å². The summed E-state index contributed by atoms with van der Waals surface area (Å²) >= 11 is 0. The van der Waals surface area contributed by atoms with Crippen LogP contribution in [0.3, 0.4) is 0 Å². The van der Waals surface area contributed by atoms with Crippen molar-refractivity contribution in [1.29, 1.82) is 0 Å². The lowest BCUT2D eigenvalue weighted by atomic mass is 10.1. The Labute approximate surface area is 87.2 Å². The number of hydrogen-bond donors (Lipinski definition) is 1. The van der Waals surface area contributed by atoms with Gasteiger partial charge in [-0.15, -0.1) is 0 Å². The SMILES string of the molecule is FC(F)C(F)(F)CNC1CCCCCC1. The van der Waals surface area contributed by atoms with E-state index in [2.05, 4.69) is 5.32 Å². The average Bonchev–Trinajstić information content (AvgIpc) is 2.42. The van der Waals surface area contributed by atoms with Gasteiger partial charge in [0.05, 0.1) is 6.54 Å². The second-order valence-electron chi connectivity index (χ2n) is 4.13. The lowest BCUT2D eigenvalue weighted by molar-refractivity contribution is -0.126. The van der Waals surface area contributed by atoms with Crippen LogP contribution in [-0.4, -0.2) is 24.9 Å². The van der Waals surface area contributed by atoms with Gasteiger partial charge < -0.3 is 5.32 Å². The van der Waals surface area contributed by atoms with Gasteiger partial charge in [0.2, 0.25) is 0 Å². The van der Waals surface area contributed by atoms with E-state index in [1.807, 2.05) is 0 Å². The Morgan fingerprint density at radius 3 is 2.07 bits per heavy atom. The van der Waals surface area contributed by atoms with E-state index in [0.717, 1.165) is 38.5 Å². The largest absolute Gasteiger partial charge is 0.319 e. The van der Waals surface area contributed by atoms with E-state index >= 15 is 0 Å². The molecular formula is C10H17F4N. The van der Waals surface area contributed by atoms with Gasteiger partial charge >= 0.3 is 12.3 Å². The standard InChI is InChI=1S/C10H17F4N/c11-9(12)10(13,14)7-15-8-5-3-1-2-4-6-8/h8-9,15H,1-7H2. The van der Waals surface area contributed by atoms with Crippen LogP contribution in [0.25, 0.3) is 0 Å². The summed E-state index contributed by atoms with van der Waals surface area (Å²) in [5, 5.41) is 2.55. The van der Waals surface area contributed by atoms with Crippen LogP contribution in [0.2, 0.25) is 0 Å². The van der Waals surface area contributed by atoms with Gasteiger partial charge in [-0.2, -0.15) is 8.78 Å². The predicted molar refractivity (Wildman–Crippen MR) is 50.4 cm³/mol. The lowest BCUT2D eigenvalue weighted by Crippen LogP contribution is -2.43. The van der Waals surface area contributed by atoms with E-state index in [-0.39, 0.29) is 6.04 Å². The van der Waals surface area contributed by atoms with Crippen molar-refractivity contribution >= 4 is 0 Å². The summed E-state index contributed by atoms with van der Waals surface area (Å²) in [6, 6.07) is -0.0166. The minimum atomic E-state index is -3.90. The van der Waals surface area contributed by atoms with Crippen LogP contribution in [0.4, 0.5) is 17.6 Å². The lowest BCUT2D eigenvalue weighted by Gasteiger charge is -2.21. The summed E-state index contributed by atoms with van der Waals surface area (Å²) in [5.74, 6) is -3.90. The Kier molecular flexibility index (Phi) is 4.83. The van der Waals surface area contributed by atoms with Crippen LogP contribution in [0.5, 0.6) is 0 Å². The van der Waals surface area contributed by atoms with Crippen molar-refractivity contribution in [1.82, 2.24) is 5.32 Å². The molecular weight excluding hydrogens is 210 g/mol. The Bertz CT molecular complexity index is 176. The zero-order valence-corrected chi connectivity index (χ0v) is 8.62. The third kappa shape index (κ3) is 4.36. The predicted octanol–water partition coefficient (Wildman–Crippen LogP) is 3.20. The molecule has 1 fully saturated rings. The van der Waals surface area contributed by atoms with Crippen molar-refractivity contribution in [3.05, 3.63) is 0 Å². The fraction of sp³-hybridized carbons (Fsp3) is 1.00. The molecule has 1 rings (SSSR count). The van der Waals surface area contributed by atoms with E-state index in [9.17, 15) is 17.6 Å². The molecule has 0 unspecified atom stereocenters. The number of alkyl halides is 4. The Hall–Kier alpha value is -0.320. The maximum absolute atomic E-state index is 12.6. The third-order valence-electron chi connectivity index (χ3n) is 2.80. The number of halogens is 4. The van der Waals surface area contributed by atoms with E-state index in [1.54, 1.807) is 0 Å². The highest BCUT2D eigenvalue weighted by atomic mass is 19.3. The minimum absolute atomic E-state index is 0.0166. The highest BCUT2D eigenvalue weighted by Gasteiger charge is 2.40. The van der Waals surface area contributed by atoms with Gasteiger partial charge in [0.15, 0.2) is 0 Å². The molecule has 0 bridgehead atoms. The molecule has 0 atom stereocenters. The normalized spacial score (nSPS) is 20.6. The second-order valence-corrected chi connectivity index (χ2v) is 4.13. The molecule has 1 aliphatic rings. The molecule has 15 heavy (non-hydrogen) atoms. The first-order chi connectivity index (χ1) is 7.02. The summed E-state index contributed by atoms with van der Waals surface area (Å²) < 4.78 is 48.9. The van der Waals surface area contributed by atoms with Crippen LogP contribution >= 0.6 is 0 Å². The smallest absolute Gasteiger partial charge is 0.308 e. The molecule has 0 heterocycles.